The Bertz CT molecular complexity index is 868. The van der Waals surface area contributed by atoms with Gasteiger partial charge in [-0.05, 0) is 19.1 Å². The van der Waals surface area contributed by atoms with E-state index in [4.69, 9.17) is 14.2 Å². The van der Waals surface area contributed by atoms with E-state index in [0.717, 1.165) is 6.42 Å². The Morgan fingerprint density at radius 1 is 1.07 bits per heavy atom. The smallest absolute Gasteiger partial charge is 0.315 e. The summed E-state index contributed by atoms with van der Waals surface area (Å²) in [6.07, 6.45) is 0.741. The molecule has 1 saturated heterocycles. The van der Waals surface area contributed by atoms with E-state index in [0.29, 0.717) is 44.4 Å². The third-order valence-electron chi connectivity index (χ3n) is 4.70. The van der Waals surface area contributed by atoms with Crippen molar-refractivity contribution in [3.05, 3.63) is 18.2 Å². The van der Waals surface area contributed by atoms with Crippen LogP contribution in [0.25, 0.3) is 0 Å². The summed E-state index contributed by atoms with van der Waals surface area (Å²) in [6.45, 7) is 4.10. The van der Waals surface area contributed by atoms with Gasteiger partial charge in [0, 0.05) is 38.7 Å². The highest BCUT2D eigenvalue weighted by atomic mass is 32.2. The van der Waals surface area contributed by atoms with E-state index in [1.54, 1.807) is 17.9 Å². The number of hydrogen-bond acceptors (Lipinski definition) is 8. The van der Waals surface area contributed by atoms with Crippen LogP contribution in [-0.2, 0) is 24.3 Å². The van der Waals surface area contributed by atoms with E-state index in [-0.39, 0.29) is 41.4 Å². The first-order chi connectivity index (χ1) is 14.4. The van der Waals surface area contributed by atoms with Crippen molar-refractivity contribution < 1.29 is 32.2 Å². The second kappa shape index (κ2) is 10.4. The molecule has 0 saturated carbocycles. The molecule has 1 amide bonds. The first-order valence-corrected chi connectivity index (χ1v) is 12.4. The van der Waals surface area contributed by atoms with E-state index in [9.17, 15) is 18.0 Å². The van der Waals surface area contributed by atoms with Crippen LogP contribution in [0.4, 0.5) is 0 Å². The molecule has 1 aromatic rings. The molecule has 0 radical (unpaired) electrons. The Kier molecular flexibility index (Phi) is 7.84. The van der Waals surface area contributed by atoms with E-state index < -0.39 is 10.0 Å². The molecule has 0 aliphatic carbocycles. The van der Waals surface area contributed by atoms with E-state index >= 15 is 0 Å². The van der Waals surface area contributed by atoms with Gasteiger partial charge in [-0.25, -0.2) is 8.42 Å². The molecule has 2 aliphatic rings. The molecule has 0 spiro atoms. The third-order valence-corrected chi connectivity index (χ3v) is 7.48. The number of benzene rings is 1. The summed E-state index contributed by atoms with van der Waals surface area (Å²) in [7, 11) is -3.70. The van der Waals surface area contributed by atoms with Crippen molar-refractivity contribution in [3.8, 4) is 11.5 Å². The van der Waals surface area contributed by atoms with Gasteiger partial charge in [0.2, 0.25) is 15.9 Å². The lowest BCUT2D eigenvalue weighted by molar-refractivity contribution is -0.139. The van der Waals surface area contributed by atoms with Crippen LogP contribution in [-0.4, -0.2) is 87.0 Å². The van der Waals surface area contributed by atoms with Crippen LogP contribution in [0.5, 0.6) is 11.5 Å². The number of carbonyl (C=O) groups excluding carboxylic acids is 2. The number of amides is 1. The van der Waals surface area contributed by atoms with Gasteiger partial charge in [-0.3, -0.25) is 9.59 Å². The summed E-state index contributed by atoms with van der Waals surface area (Å²) < 4.78 is 43.4. The fourth-order valence-corrected chi connectivity index (χ4v) is 5.29. The Hall–Kier alpha value is -1.98. The molecule has 1 aromatic carbocycles. The molecule has 0 bridgehead atoms. The van der Waals surface area contributed by atoms with Crippen LogP contribution in [0, 0.1) is 0 Å². The molecule has 30 heavy (non-hydrogen) atoms. The fraction of sp³-hybridized carbons (Fsp3) is 0.579. The maximum Gasteiger partial charge on any atom is 0.315 e. The predicted octanol–water partition coefficient (Wildman–Crippen LogP) is 0.977. The first-order valence-electron chi connectivity index (χ1n) is 9.82. The minimum absolute atomic E-state index is 0.114. The molecular formula is C19H26N2O7S2. The molecule has 0 N–H and O–H groups in total. The third kappa shape index (κ3) is 5.58. The van der Waals surface area contributed by atoms with Crippen molar-refractivity contribution in [3.63, 3.8) is 0 Å². The van der Waals surface area contributed by atoms with E-state index in [1.807, 2.05) is 0 Å². The van der Waals surface area contributed by atoms with Crippen molar-refractivity contribution >= 4 is 33.7 Å². The van der Waals surface area contributed by atoms with E-state index in [2.05, 4.69) is 0 Å². The number of ether oxygens (including phenoxy) is 3. The molecule has 0 unspecified atom stereocenters. The molecule has 0 aromatic heterocycles. The van der Waals surface area contributed by atoms with Gasteiger partial charge in [0.1, 0.15) is 0 Å². The topological polar surface area (TPSA) is 102 Å². The first kappa shape index (κ1) is 22.7. The molecule has 2 heterocycles. The van der Waals surface area contributed by atoms with Crippen molar-refractivity contribution in [2.75, 3.05) is 57.5 Å². The SMILES string of the molecule is CCOC(=O)CSCC(=O)N1CCN(S(=O)(=O)c2ccc3c(c2)OCCCO3)CC1. The molecular weight excluding hydrogens is 432 g/mol. The molecule has 166 valence electrons. The highest BCUT2D eigenvalue weighted by molar-refractivity contribution is 8.00. The number of nitrogens with zero attached hydrogens (tertiary/aromatic N) is 2. The van der Waals surface area contributed by atoms with Crippen molar-refractivity contribution in [2.45, 2.75) is 18.2 Å². The van der Waals surface area contributed by atoms with Gasteiger partial charge in [-0.2, -0.15) is 4.31 Å². The van der Waals surface area contributed by atoms with E-state index in [1.165, 1.54) is 28.2 Å². The Morgan fingerprint density at radius 2 is 1.77 bits per heavy atom. The summed E-state index contributed by atoms with van der Waals surface area (Å²) in [4.78, 5) is 25.4. The lowest BCUT2D eigenvalue weighted by atomic mass is 10.3. The van der Waals surface area contributed by atoms with Crippen molar-refractivity contribution in [1.29, 1.82) is 0 Å². The second-order valence-corrected chi connectivity index (χ2v) is 9.67. The molecule has 0 atom stereocenters. The van der Waals surface area contributed by atoms with Gasteiger partial charge < -0.3 is 19.1 Å². The molecule has 1 fully saturated rings. The van der Waals surface area contributed by atoms with Gasteiger partial charge in [-0.15, -0.1) is 11.8 Å². The largest absolute Gasteiger partial charge is 0.490 e. The van der Waals surface area contributed by atoms with Gasteiger partial charge in [-0.1, -0.05) is 0 Å². The summed E-state index contributed by atoms with van der Waals surface area (Å²) >= 11 is 1.20. The van der Waals surface area contributed by atoms with Gasteiger partial charge in [0.15, 0.2) is 11.5 Å². The molecule has 3 rings (SSSR count). The average molecular weight is 459 g/mol. The maximum atomic E-state index is 13.0. The van der Waals surface area contributed by atoms with Gasteiger partial charge in [0.05, 0.1) is 36.2 Å². The van der Waals surface area contributed by atoms with Crippen LogP contribution >= 0.6 is 11.8 Å². The monoisotopic (exact) mass is 458 g/mol. The highest BCUT2D eigenvalue weighted by Crippen LogP contribution is 2.33. The van der Waals surface area contributed by atoms with Crippen molar-refractivity contribution in [1.82, 2.24) is 9.21 Å². The minimum atomic E-state index is -3.70. The zero-order chi connectivity index (χ0) is 21.6. The number of piperazine rings is 1. The predicted molar refractivity (Wildman–Crippen MR) is 111 cm³/mol. The summed E-state index contributed by atoms with van der Waals surface area (Å²) in [5.41, 5.74) is 0. The molecule has 9 nitrogen and oxygen atoms in total. The Morgan fingerprint density at radius 3 is 2.47 bits per heavy atom. The van der Waals surface area contributed by atoms with Crippen LogP contribution in [0.2, 0.25) is 0 Å². The number of fused-ring (bicyclic) bond motifs is 1. The normalized spacial score (nSPS) is 17.3. The van der Waals surface area contributed by atoms with Crippen LogP contribution in [0.3, 0.4) is 0 Å². The van der Waals surface area contributed by atoms with Gasteiger partial charge >= 0.3 is 5.97 Å². The quantitative estimate of drug-likeness (QED) is 0.557. The van der Waals surface area contributed by atoms with Crippen LogP contribution < -0.4 is 9.47 Å². The Labute approximate surface area is 180 Å². The number of hydrogen-bond donors (Lipinski definition) is 0. The van der Waals surface area contributed by atoms with Crippen LogP contribution in [0.1, 0.15) is 13.3 Å². The fourth-order valence-electron chi connectivity index (χ4n) is 3.15. The lowest BCUT2D eigenvalue weighted by Crippen LogP contribution is -2.51. The Balaban J connectivity index is 1.54. The minimum Gasteiger partial charge on any atom is -0.490 e. The summed E-state index contributed by atoms with van der Waals surface area (Å²) in [5, 5.41) is 0. The number of esters is 1. The van der Waals surface area contributed by atoms with Crippen molar-refractivity contribution in [2.24, 2.45) is 0 Å². The number of rotatable bonds is 7. The number of sulfonamides is 1. The molecule has 11 heteroatoms. The van der Waals surface area contributed by atoms with Crippen LogP contribution in [0.15, 0.2) is 23.1 Å². The zero-order valence-corrected chi connectivity index (χ0v) is 18.5. The summed E-state index contributed by atoms with van der Waals surface area (Å²) in [6, 6.07) is 4.64. The summed E-state index contributed by atoms with van der Waals surface area (Å²) in [5.74, 6) is 0.799. The number of thioether (sulfide) groups is 1. The van der Waals surface area contributed by atoms with Gasteiger partial charge in [0.25, 0.3) is 0 Å². The number of carbonyl (C=O) groups is 2. The second-order valence-electron chi connectivity index (χ2n) is 6.74. The zero-order valence-electron chi connectivity index (χ0n) is 16.9. The lowest BCUT2D eigenvalue weighted by Gasteiger charge is -2.34. The average Bonchev–Trinajstić information content (AvgIpc) is 2.99. The maximum absolute atomic E-state index is 13.0. The standard InChI is InChI=1S/C19H26N2O7S2/c1-2-26-19(23)14-29-13-18(22)20-6-8-21(9-7-20)30(24,25)15-4-5-16-17(12-15)28-11-3-10-27-16/h4-5,12H,2-3,6-11,13-14H2,1H3. The highest BCUT2D eigenvalue weighted by Gasteiger charge is 2.31. The molecule has 2 aliphatic heterocycles.